The van der Waals surface area contributed by atoms with Gasteiger partial charge in [0.05, 0.1) is 11.4 Å². The number of carbonyl (C=O) groups is 2. The third-order valence-electron chi connectivity index (χ3n) is 5.98. The fourth-order valence-corrected chi connectivity index (χ4v) is 3.90. The summed E-state index contributed by atoms with van der Waals surface area (Å²) in [6.45, 7) is 0.774. The summed E-state index contributed by atoms with van der Waals surface area (Å²) in [5.74, 6) is 0.338. The molecular weight excluding hydrogens is 464 g/mol. The molecule has 0 saturated carbocycles. The maximum Gasteiger partial charge on any atom is 0.267 e. The van der Waals surface area contributed by atoms with E-state index in [2.05, 4.69) is 15.6 Å². The summed E-state index contributed by atoms with van der Waals surface area (Å²) in [6.07, 6.45) is 0. The van der Waals surface area contributed by atoms with Gasteiger partial charge in [0.2, 0.25) is 0 Å². The molecule has 184 valence electrons. The molecule has 0 atom stereocenters. The minimum atomic E-state index is -0.224. The fourth-order valence-electron chi connectivity index (χ4n) is 3.90. The lowest BCUT2D eigenvalue weighted by molar-refractivity contribution is 0.0946. The first-order chi connectivity index (χ1) is 18.0. The van der Waals surface area contributed by atoms with E-state index in [1.807, 2.05) is 78.9 Å². The van der Waals surface area contributed by atoms with Crippen molar-refractivity contribution in [3.63, 3.8) is 0 Å². The van der Waals surface area contributed by atoms with Crippen molar-refractivity contribution < 1.29 is 14.3 Å². The topological polar surface area (TPSA) is 109 Å². The van der Waals surface area contributed by atoms with Gasteiger partial charge in [-0.2, -0.15) is 0 Å². The molecule has 5 aromatic rings. The van der Waals surface area contributed by atoms with Crippen LogP contribution < -0.4 is 21.1 Å². The molecular formula is C30H26N4O3. The van der Waals surface area contributed by atoms with Crippen LogP contribution in [0.5, 0.6) is 5.75 Å². The number of nitrogens with one attached hydrogen (secondary N) is 3. The maximum atomic E-state index is 12.5. The first kappa shape index (κ1) is 23.7. The lowest BCUT2D eigenvalue weighted by atomic mass is 10.1. The highest BCUT2D eigenvalue weighted by Gasteiger charge is 2.10. The monoisotopic (exact) mass is 490 g/mol. The predicted octanol–water partition coefficient (Wildman–Crippen LogP) is 5.51. The lowest BCUT2D eigenvalue weighted by Gasteiger charge is -2.10. The Morgan fingerprint density at radius 2 is 1.49 bits per heavy atom. The Kier molecular flexibility index (Phi) is 6.85. The highest BCUT2D eigenvalue weighted by Crippen LogP contribution is 2.19. The van der Waals surface area contributed by atoms with Crippen molar-refractivity contribution in [1.82, 2.24) is 10.3 Å². The zero-order chi connectivity index (χ0) is 25.6. The van der Waals surface area contributed by atoms with Crippen LogP contribution in [0.1, 0.15) is 32.0 Å². The lowest BCUT2D eigenvalue weighted by Crippen LogP contribution is -2.23. The average Bonchev–Trinajstić information content (AvgIpc) is 3.37. The van der Waals surface area contributed by atoms with Gasteiger partial charge in [-0.1, -0.05) is 54.6 Å². The molecule has 0 saturated heterocycles. The zero-order valence-corrected chi connectivity index (χ0v) is 20.0. The van der Waals surface area contributed by atoms with Crippen LogP contribution in [0, 0.1) is 0 Å². The predicted molar refractivity (Wildman–Crippen MR) is 145 cm³/mol. The summed E-state index contributed by atoms with van der Waals surface area (Å²) in [6, 6.07) is 31.6. The number of anilines is 2. The Bertz CT molecular complexity index is 1510. The third-order valence-corrected chi connectivity index (χ3v) is 5.98. The molecule has 1 aromatic heterocycles. The molecule has 0 aliphatic carbocycles. The van der Waals surface area contributed by atoms with Crippen molar-refractivity contribution >= 4 is 34.1 Å². The van der Waals surface area contributed by atoms with Gasteiger partial charge in [-0.3, -0.25) is 9.59 Å². The summed E-state index contributed by atoms with van der Waals surface area (Å²) in [5.41, 5.74) is 10.9. The summed E-state index contributed by atoms with van der Waals surface area (Å²) in [4.78, 5) is 28.1. The van der Waals surface area contributed by atoms with Crippen LogP contribution in [0.2, 0.25) is 0 Å². The number of nitrogen functional groups attached to an aromatic ring is 1. The normalized spacial score (nSPS) is 10.7. The van der Waals surface area contributed by atoms with E-state index in [1.54, 1.807) is 24.3 Å². The van der Waals surface area contributed by atoms with E-state index in [0.717, 1.165) is 22.0 Å². The minimum Gasteiger partial charge on any atom is -0.489 e. The second-order valence-corrected chi connectivity index (χ2v) is 8.62. The van der Waals surface area contributed by atoms with Gasteiger partial charge in [0.15, 0.2) is 0 Å². The van der Waals surface area contributed by atoms with Gasteiger partial charge >= 0.3 is 0 Å². The van der Waals surface area contributed by atoms with Gasteiger partial charge in [0.1, 0.15) is 18.1 Å². The number of hydrogen-bond acceptors (Lipinski definition) is 4. The molecule has 0 unspecified atom stereocenters. The van der Waals surface area contributed by atoms with Crippen LogP contribution >= 0.6 is 0 Å². The highest BCUT2D eigenvalue weighted by atomic mass is 16.5. The molecule has 4 aromatic carbocycles. The molecule has 0 spiro atoms. The van der Waals surface area contributed by atoms with Crippen molar-refractivity contribution in [2.24, 2.45) is 0 Å². The number of benzene rings is 4. The van der Waals surface area contributed by atoms with E-state index in [0.29, 0.717) is 41.5 Å². The number of hydrogen-bond donors (Lipinski definition) is 4. The van der Waals surface area contributed by atoms with Gasteiger partial charge in [0.25, 0.3) is 11.8 Å². The van der Waals surface area contributed by atoms with E-state index >= 15 is 0 Å². The Labute approximate surface area is 214 Å². The Morgan fingerprint density at radius 1 is 0.784 bits per heavy atom. The molecule has 7 heteroatoms. The van der Waals surface area contributed by atoms with Crippen molar-refractivity contribution in [1.29, 1.82) is 0 Å². The van der Waals surface area contributed by atoms with Crippen molar-refractivity contribution in [2.45, 2.75) is 13.2 Å². The Hall–Kier alpha value is -5.04. The standard InChI is InChI=1S/C30H26N4O3/c31-25-6-2-4-8-27(25)34-29(35)22-13-9-21(10-14-22)19-37-24-15-11-20(12-16-24)18-32-30(36)28-17-23-5-1-3-7-26(23)33-28/h1-17,33H,18-19,31H2,(H,32,36)(H,34,35). The summed E-state index contributed by atoms with van der Waals surface area (Å²) in [7, 11) is 0. The van der Waals surface area contributed by atoms with Gasteiger partial charge in [-0.25, -0.2) is 0 Å². The minimum absolute atomic E-state index is 0.152. The molecule has 2 amide bonds. The van der Waals surface area contributed by atoms with Gasteiger partial charge in [0, 0.05) is 23.0 Å². The smallest absolute Gasteiger partial charge is 0.267 e. The first-order valence-electron chi connectivity index (χ1n) is 11.9. The average molecular weight is 491 g/mol. The van der Waals surface area contributed by atoms with Crippen molar-refractivity contribution in [3.05, 3.63) is 126 Å². The second-order valence-electron chi connectivity index (χ2n) is 8.62. The van der Waals surface area contributed by atoms with E-state index in [4.69, 9.17) is 10.5 Å². The Balaban J connectivity index is 1.10. The van der Waals surface area contributed by atoms with E-state index in [1.165, 1.54) is 0 Å². The van der Waals surface area contributed by atoms with Crippen molar-refractivity contribution in [3.8, 4) is 5.75 Å². The largest absolute Gasteiger partial charge is 0.489 e. The molecule has 5 N–H and O–H groups in total. The van der Waals surface area contributed by atoms with E-state index < -0.39 is 0 Å². The van der Waals surface area contributed by atoms with Gasteiger partial charge in [-0.05, 0) is 59.7 Å². The van der Waals surface area contributed by atoms with Crippen LogP contribution in [-0.2, 0) is 13.2 Å². The molecule has 0 fully saturated rings. The summed E-state index contributed by atoms with van der Waals surface area (Å²) in [5, 5.41) is 6.76. The summed E-state index contributed by atoms with van der Waals surface area (Å²) >= 11 is 0. The fraction of sp³-hybridized carbons (Fsp3) is 0.0667. The second kappa shape index (κ2) is 10.7. The molecule has 1 heterocycles. The third kappa shape index (κ3) is 5.79. The number of amides is 2. The quantitative estimate of drug-likeness (QED) is 0.215. The number of para-hydroxylation sites is 3. The molecule has 0 aliphatic rings. The molecule has 0 radical (unpaired) electrons. The van der Waals surface area contributed by atoms with Crippen LogP contribution in [0.25, 0.3) is 10.9 Å². The number of rotatable bonds is 8. The number of carbonyl (C=O) groups excluding carboxylic acids is 2. The highest BCUT2D eigenvalue weighted by molar-refractivity contribution is 6.05. The number of nitrogens with two attached hydrogens (primary N) is 1. The number of aromatic amines is 1. The van der Waals surface area contributed by atoms with E-state index in [9.17, 15) is 9.59 Å². The maximum absolute atomic E-state index is 12.5. The molecule has 7 nitrogen and oxygen atoms in total. The number of ether oxygens (including phenoxy) is 1. The van der Waals surface area contributed by atoms with Crippen LogP contribution in [-0.4, -0.2) is 16.8 Å². The molecule has 0 aliphatic heterocycles. The van der Waals surface area contributed by atoms with Gasteiger partial charge < -0.3 is 26.1 Å². The number of fused-ring (bicyclic) bond motifs is 1. The summed E-state index contributed by atoms with van der Waals surface area (Å²) < 4.78 is 5.88. The molecule has 37 heavy (non-hydrogen) atoms. The number of H-pyrrole nitrogens is 1. The van der Waals surface area contributed by atoms with Gasteiger partial charge in [-0.15, -0.1) is 0 Å². The SMILES string of the molecule is Nc1ccccc1NC(=O)c1ccc(COc2ccc(CNC(=O)c3cc4ccccc4[nH]3)cc2)cc1. The Morgan fingerprint density at radius 3 is 2.24 bits per heavy atom. The molecule has 5 rings (SSSR count). The molecule has 0 bridgehead atoms. The van der Waals surface area contributed by atoms with Crippen LogP contribution in [0.3, 0.4) is 0 Å². The number of aromatic nitrogens is 1. The van der Waals surface area contributed by atoms with E-state index in [-0.39, 0.29) is 11.8 Å². The zero-order valence-electron chi connectivity index (χ0n) is 20.0. The first-order valence-corrected chi connectivity index (χ1v) is 11.9. The van der Waals surface area contributed by atoms with Crippen LogP contribution in [0.15, 0.2) is 103 Å². The van der Waals surface area contributed by atoms with Crippen LogP contribution in [0.4, 0.5) is 11.4 Å². The van der Waals surface area contributed by atoms with Crippen molar-refractivity contribution in [2.75, 3.05) is 11.1 Å².